The van der Waals surface area contributed by atoms with E-state index >= 15 is 0 Å². The van der Waals surface area contributed by atoms with Gasteiger partial charge in [-0.1, -0.05) is 0 Å². The number of rotatable bonds is 11. The van der Waals surface area contributed by atoms with Crippen LogP contribution in [0, 0.1) is 0 Å². The third kappa shape index (κ3) is 8.67. The molecule has 0 aromatic heterocycles. The molecule has 1 rings (SSSR count). The number of methoxy groups -OCH3 is 1. The molecule has 0 saturated carbocycles. The van der Waals surface area contributed by atoms with Crippen LogP contribution >= 0.6 is 0 Å². The molecule has 7 nitrogen and oxygen atoms in total. The summed E-state index contributed by atoms with van der Waals surface area (Å²) in [7, 11) is 1.57. The highest BCUT2D eigenvalue weighted by molar-refractivity contribution is 5.85. The average Bonchev–Trinajstić information content (AvgIpc) is 2.58. The molecule has 0 unspecified atom stereocenters. The molecule has 2 N–H and O–H groups in total. The number of hydrogen-bond acceptors (Lipinski definition) is 5. The van der Waals surface area contributed by atoms with Crippen molar-refractivity contribution in [3.63, 3.8) is 0 Å². The Balaban J connectivity index is 2.12. The molecule has 0 heterocycles. The molecule has 0 spiro atoms. The van der Waals surface area contributed by atoms with E-state index in [1.165, 1.54) is 0 Å². The summed E-state index contributed by atoms with van der Waals surface area (Å²) in [6, 6.07) is 6.89. The zero-order chi connectivity index (χ0) is 16.9. The Bertz CT molecular complexity index is 476. The van der Waals surface area contributed by atoms with Crippen molar-refractivity contribution in [3.8, 4) is 11.5 Å². The van der Waals surface area contributed by atoms with E-state index in [2.05, 4.69) is 10.6 Å². The number of hydrogen-bond donors (Lipinski definition) is 2. The van der Waals surface area contributed by atoms with Crippen LogP contribution in [0.3, 0.4) is 0 Å². The van der Waals surface area contributed by atoms with Gasteiger partial charge in [0, 0.05) is 19.8 Å². The largest absolute Gasteiger partial charge is 0.497 e. The van der Waals surface area contributed by atoms with E-state index in [0.29, 0.717) is 31.3 Å². The van der Waals surface area contributed by atoms with Crippen molar-refractivity contribution in [3.05, 3.63) is 24.3 Å². The van der Waals surface area contributed by atoms with Gasteiger partial charge in [-0.25, -0.2) is 0 Å². The molecule has 23 heavy (non-hydrogen) atoms. The van der Waals surface area contributed by atoms with Crippen LogP contribution in [0.5, 0.6) is 11.5 Å². The lowest BCUT2D eigenvalue weighted by Crippen LogP contribution is -2.39. The summed E-state index contributed by atoms with van der Waals surface area (Å²) in [4.78, 5) is 23.1. The van der Waals surface area contributed by atoms with Crippen molar-refractivity contribution < 1.29 is 23.8 Å². The van der Waals surface area contributed by atoms with Crippen LogP contribution in [0.1, 0.15) is 13.3 Å². The molecule has 0 fully saturated rings. The van der Waals surface area contributed by atoms with Gasteiger partial charge in [-0.15, -0.1) is 0 Å². The summed E-state index contributed by atoms with van der Waals surface area (Å²) in [6.07, 6.45) is 0.744. The molecule has 0 radical (unpaired) electrons. The number of amides is 2. The van der Waals surface area contributed by atoms with E-state index in [1.54, 1.807) is 31.4 Å². The van der Waals surface area contributed by atoms with Crippen LogP contribution < -0.4 is 20.1 Å². The van der Waals surface area contributed by atoms with Crippen LogP contribution in [0.2, 0.25) is 0 Å². The van der Waals surface area contributed by atoms with Crippen molar-refractivity contribution in [2.75, 3.05) is 40.0 Å². The predicted molar refractivity (Wildman–Crippen MR) is 85.6 cm³/mol. The molecular formula is C16H24N2O5. The first-order valence-corrected chi connectivity index (χ1v) is 7.53. The monoisotopic (exact) mass is 324 g/mol. The van der Waals surface area contributed by atoms with Gasteiger partial charge in [0.25, 0.3) is 5.91 Å². The maximum Gasteiger partial charge on any atom is 0.258 e. The maximum absolute atomic E-state index is 11.6. The van der Waals surface area contributed by atoms with Gasteiger partial charge < -0.3 is 24.8 Å². The van der Waals surface area contributed by atoms with E-state index in [9.17, 15) is 9.59 Å². The minimum absolute atomic E-state index is 0.0700. The molecule has 0 atom stereocenters. The number of nitrogens with one attached hydrogen (secondary N) is 2. The molecule has 0 aliphatic heterocycles. The van der Waals surface area contributed by atoms with E-state index in [4.69, 9.17) is 14.2 Å². The molecule has 128 valence electrons. The highest BCUT2D eigenvalue weighted by atomic mass is 16.5. The second kappa shape index (κ2) is 11.3. The molecule has 2 amide bonds. The molecule has 0 bridgehead atoms. The molecule has 7 heteroatoms. The molecule has 0 saturated heterocycles. The summed E-state index contributed by atoms with van der Waals surface area (Å²) in [5.74, 6) is 0.675. The van der Waals surface area contributed by atoms with E-state index in [-0.39, 0.29) is 25.0 Å². The van der Waals surface area contributed by atoms with E-state index in [0.717, 1.165) is 6.42 Å². The Morgan fingerprint density at radius 3 is 2.39 bits per heavy atom. The van der Waals surface area contributed by atoms with Crippen molar-refractivity contribution in [2.24, 2.45) is 0 Å². The van der Waals surface area contributed by atoms with Gasteiger partial charge >= 0.3 is 0 Å². The van der Waals surface area contributed by atoms with Gasteiger partial charge in [-0.05, 0) is 37.6 Å². The Morgan fingerprint density at radius 1 is 1.04 bits per heavy atom. The third-order valence-corrected chi connectivity index (χ3v) is 2.87. The van der Waals surface area contributed by atoms with Crippen LogP contribution in [0.4, 0.5) is 0 Å². The van der Waals surface area contributed by atoms with Crippen LogP contribution in [0.15, 0.2) is 24.3 Å². The van der Waals surface area contributed by atoms with Crippen LogP contribution in [-0.2, 0) is 14.3 Å². The normalized spacial score (nSPS) is 10.0. The average molecular weight is 324 g/mol. The first-order valence-electron chi connectivity index (χ1n) is 7.53. The Morgan fingerprint density at radius 2 is 1.74 bits per heavy atom. The van der Waals surface area contributed by atoms with Crippen LogP contribution in [0.25, 0.3) is 0 Å². The summed E-state index contributed by atoms with van der Waals surface area (Å²) >= 11 is 0. The van der Waals surface area contributed by atoms with Gasteiger partial charge in [-0.2, -0.15) is 0 Å². The van der Waals surface area contributed by atoms with Gasteiger partial charge in [-0.3, -0.25) is 9.59 Å². The second-order valence-electron chi connectivity index (χ2n) is 4.64. The minimum Gasteiger partial charge on any atom is -0.497 e. The zero-order valence-electron chi connectivity index (χ0n) is 13.6. The zero-order valence-corrected chi connectivity index (χ0v) is 13.6. The van der Waals surface area contributed by atoms with E-state index in [1.807, 2.05) is 6.92 Å². The topological polar surface area (TPSA) is 85.9 Å². The molecule has 0 aliphatic carbocycles. The summed E-state index contributed by atoms with van der Waals surface area (Å²) in [6.45, 7) is 3.50. The Hall–Kier alpha value is -2.28. The smallest absolute Gasteiger partial charge is 0.258 e. The first kappa shape index (κ1) is 18.8. The van der Waals surface area contributed by atoms with Gasteiger partial charge in [0.2, 0.25) is 5.91 Å². The lowest BCUT2D eigenvalue weighted by atomic mass is 10.3. The quantitative estimate of drug-likeness (QED) is 0.586. The summed E-state index contributed by atoms with van der Waals surface area (Å²) in [5, 5.41) is 5.19. The molecule has 1 aromatic rings. The van der Waals surface area contributed by atoms with E-state index < -0.39 is 0 Å². The number of benzene rings is 1. The number of ether oxygens (including phenoxy) is 3. The third-order valence-electron chi connectivity index (χ3n) is 2.87. The Kier molecular flexibility index (Phi) is 9.23. The first-order chi connectivity index (χ1) is 11.2. The molecule has 0 aliphatic rings. The standard InChI is InChI=1S/C16H24N2O5/c1-3-22-10-4-9-17-15(19)11-18-16(20)12-23-14-7-5-13(21-2)6-8-14/h5-8H,3-4,9-12H2,1-2H3,(H,17,19)(H,18,20). The summed E-state index contributed by atoms with van der Waals surface area (Å²) < 4.78 is 15.5. The number of carbonyl (C=O) groups is 2. The fraction of sp³-hybridized carbons (Fsp3) is 0.500. The van der Waals surface area contributed by atoms with Gasteiger partial charge in [0.15, 0.2) is 6.61 Å². The van der Waals surface area contributed by atoms with Crippen molar-refractivity contribution in [2.45, 2.75) is 13.3 Å². The fourth-order valence-corrected chi connectivity index (χ4v) is 1.66. The predicted octanol–water partition coefficient (Wildman–Crippen LogP) is 0.733. The fourth-order valence-electron chi connectivity index (χ4n) is 1.66. The summed E-state index contributed by atoms with van der Waals surface area (Å²) in [5.41, 5.74) is 0. The van der Waals surface area contributed by atoms with Crippen molar-refractivity contribution >= 4 is 11.8 Å². The highest BCUT2D eigenvalue weighted by Crippen LogP contribution is 2.16. The SMILES string of the molecule is CCOCCCNC(=O)CNC(=O)COc1ccc(OC)cc1. The molecular weight excluding hydrogens is 300 g/mol. The van der Waals surface area contributed by atoms with Crippen molar-refractivity contribution in [1.82, 2.24) is 10.6 Å². The van der Waals surface area contributed by atoms with Crippen molar-refractivity contribution in [1.29, 1.82) is 0 Å². The Labute approximate surface area is 136 Å². The lowest BCUT2D eigenvalue weighted by Gasteiger charge is -2.08. The molecule has 1 aromatic carbocycles. The minimum atomic E-state index is -0.356. The van der Waals surface area contributed by atoms with Gasteiger partial charge in [0.1, 0.15) is 11.5 Å². The highest BCUT2D eigenvalue weighted by Gasteiger charge is 2.06. The van der Waals surface area contributed by atoms with Gasteiger partial charge in [0.05, 0.1) is 13.7 Å². The number of carbonyl (C=O) groups excluding carboxylic acids is 2. The van der Waals surface area contributed by atoms with Crippen LogP contribution in [-0.4, -0.2) is 51.8 Å². The lowest BCUT2D eigenvalue weighted by molar-refractivity contribution is -0.127. The maximum atomic E-state index is 11.6. The second-order valence-corrected chi connectivity index (χ2v) is 4.64.